The number of ether oxygens (including phenoxy) is 1. The van der Waals surface area contributed by atoms with E-state index in [9.17, 15) is 19.8 Å². The molecule has 0 spiro atoms. The summed E-state index contributed by atoms with van der Waals surface area (Å²) in [6, 6.07) is -0.543. The second kappa shape index (κ2) is 58.4. The van der Waals surface area contributed by atoms with Gasteiger partial charge in [0.25, 0.3) is 0 Å². The summed E-state index contributed by atoms with van der Waals surface area (Å²) in [7, 11) is 0. The van der Waals surface area contributed by atoms with Crippen molar-refractivity contribution >= 4 is 11.9 Å². The maximum absolute atomic E-state index is 12.4. The fourth-order valence-corrected chi connectivity index (χ4v) is 9.16. The molecular weight excluding hydrogens is 851 g/mol. The van der Waals surface area contributed by atoms with Crippen molar-refractivity contribution in [2.75, 3.05) is 13.2 Å². The largest absolute Gasteiger partial charge is 0.466 e. The molecule has 0 aromatic rings. The summed E-state index contributed by atoms with van der Waals surface area (Å²) < 4.78 is 5.47. The quantitative estimate of drug-likeness (QED) is 0.0321. The Kier molecular flexibility index (Phi) is 56.5. The first-order valence-corrected chi connectivity index (χ1v) is 30.4. The van der Waals surface area contributed by atoms with Gasteiger partial charge in [0, 0.05) is 12.8 Å². The Morgan fingerprint density at radius 1 is 0.406 bits per heavy atom. The zero-order valence-corrected chi connectivity index (χ0v) is 46.0. The monoisotopic (exact) mass is 968 g/mol. The van der Waals surface area contributed by atoms with E-state index in [1.54, 1.807) is 0 Å². The smallest absolute Gasteiger partial charge is 0.305 e. The number of unbranched alkanes of at least 4 members (excludes halogenated alkanes) is 37. The summed E-state index contributed by atoms with van der Waals surface area (Å²) in [5.41, 5.74) is 0. The average molecular weight is 969 g/mol. The van der Waals surface area contributed by atoms with Crippen LogP contribution in [0.15, 0.2) is 48.6 Å². The standard InChI is InChI=1S/C63H117NO5/c1-3-5-7-9-11-13-15-16-33-37-41-45-49-53-57-63(68)69-58-54-50-46-42-38-34-31-29-27-25-23-21-19-17-18-20-22-24-26-28-30-32-36-40-44-48-52-56-62(67)64-60(59-65)61(66)55-51-47-43-39-35-14-12-10-8-6-4-2/h9,11,15-18,21,23,60-61,65-66H,3-8,10,12-14,19-20,22,24-59H2,1-2H3,(H,64,67)/b11-9-,16-15-,18-17-,23-21-. The van der Waals surface area contributed by atoms with Crippen molar-refractivity contribution in [3.8, 4) is 0 Å². The first-order chi connectivity index (χ1) is 34.0. The normalized spacial score (nSPS) is 12.9. The molecule has 0 aromatic heterocycles. The van der Waals surface area contributed by atoms with E-state index >= 15 is 0 Å². The number of rotatable bonds is 56. The van der Waals surface area contributed by atoms with Gasteiger partial charge >= 0.3 is 5.97 Å². The molecule has 0 aliphatic carbocycles. The van der Waals surface area contributed by atoms with Gasteiger partial charge < -0.3 is 20.3 Å². The molecule has 3 N–H and O–H groups in total. The Balaban J connectivity index is 3.41. The Labute approximate surface area is 429 Å². The van der Waals surface area contributed by atoms with Gasteiger partial charge in [0.2, 0.25) is 5.91 Å². The van der Waals surface area contributed by atoms with Crippen LogP contribution < -0.4 is 5.32 Å². The molecule has 0 fully saturated rings. The lowest BCUT2D eigenvalue weighted by molar-refractivity contribution is -0.143. The third kappa shape index (κ3) is 55.0. The number of allylic oxidation sites excluding steroid dienone is 8. The highest BCUT2D eigenvalue weighted by Crippen LogP contribution is 2.17. The van der Waals surface area contributed by atoms with Crippen LogP contribution in [0, 0.1) is 0 Å². The molecule has 0 saturated carbocycles. The number of esters is 1. The Bertz CT molecular complexity index is 1160. The van der Waals surface area contributed by atoms with Crippen molar-refractivity contribution in [2.45, 2.75) is 328 Å². The van der Waals surface area contributed by atoms with E-state index in [0.717, 1.165) is 57.8 Å². The van der Waals surface area contributed by atoms with Crippen LogP contribution in [0.4, 0.5) is 0 Å². The lowest BCUT2D eigenvalue weighted by Crippen LogP contribution is -2.45. The number of hydrogen-bond donors (Lipinski definition) is 3. The minimum absolute atomic E-state index is 0.00449. The highest BCUT2D eigenvalue weighted by Gasteiger charge is 2.20. The van der Waals surface area contributed by atoms with Crippen molar-refractivity contribution in [1.29, 1.82) is 0 Å². The van der Waals surface area contributed by atoms with E-state index in [1.165, 1.54) is 225 Å². The zero-order chi connectivity index (χ0) is 50.0. The fraction of sp³-hybridized carbons (Fsp3) is 0.841. The van der Waals surface area contributed by atoms with Crippen molar-refractivity contribution in [3.05, 3.63) is 48.6 Å². The predicted octanol–water partition coefficient (Wildman–Crippen LogP) is 19.0. The minimum atomic E-state index is -0.665. The number of carbonyl (C=O) groups is 2. The number of aliphatic hydroxyl groups excluding tert-OH is 2. The van der Waals surface area contributed by atoms with Gasteiger partial charge in [0.1, 0.15) is 0 Å². The summed E-state index contributed by atoms with van der Waals surface area (Å²) in [5.74, 6) is -0.0438. The van der Waals surface area contributed by atoms with Gasteiger partial charge in [-0.15, -0.1) is 0 Å². The molecule has 0 heterocycles. The van der Waals surface area contributed by atoms with Crippen molar-refractivity contribution in [2.24, 2.45) is 0 Å². The van der Waals surface area contributed by atoms with E-state index in [1.807, 2.05) is 0 Å². The highest BCUT2D eigenvalue weighted by molar-refractivity contribution is 5.76. The lowest BCUT2D eigenvalue weighted by Gasteiger charge is -2.22. The lowest BCUT2D eigenvalue weighted by atomic mass is 10.0. The van der Waals surface area contributed by atoms with Gasteiger partial charge in [-0.1, -0.05) is 268 Å². The zero-order valence-electron chi connectivity index (χ0n) is 46.0. The maximum Gasteiger partial charge on any atom is 0.305 e. The molecule has 2 atom stereocenters. The molecule has 69 heavy (non-hydrogen) atoms. The van der Waals surface area contributed by atoms with Gasteiger partial charge in [-0.3, -0.25) is 9.59 Å². The van der Waals surface area contributed by atoms with Crippen LogP contribution >= 0.6 is 0 Å². The van der Waals surface area contributed by atoms with Crippen LogP contribution in [0.5, 0.6) is 0 Å². The van der Waals surface area contributed by atoms with Crippen molar-refractivity contribution in [3.63, 3.8) is 0 Å². The minimum Gasteiger partial charge on any atom is -0.466 e. The SMILES string of the molecule is CCCC/C=C\C/C=C\CCCCCCCC(=O)OCCCCCCCCCCC/C=C\C/C=C\CCCCCCCCCCCCCC(=O)NC(CO)C(O)CCCCCCCCCCCCC. The van der Waals surface area contributed by atoms with E-state index in [-0.39, 0.29) is 18.5 Å². The molecule has 0 rings (SSSR count). The highest BCUT2D eigenvalue weighted by atomic mass is 16.5. The predicted molar refractivity (Wildman–Crippen MR) is 301 cm³/mol. The van der Waals surface area contributed by atoms with Gasteiger partial charge in [-0.25, -0.2) is 0 Å². The van der Waals surface area contributed by atoms with E-state index < -0.39 is 12.1 Å². The van der Waals surface area contributed by atoms with Gasteiger partial charge in [0.05, 0.1) is 25.4 Å². The molecule has 0 aliphatic heterocycles. The van der Waals surface area contributed by atoms with Gasteiger partial charge in [-0.05, 0) is 83.5 Å². The molecular formula is C63H117NO5. The average Bonchev–Trinajstić information content (AvgIpc) is 3.35. The molecule has 404 valence electrons. The Hall–Kier alpha value is -2.18. The molecule has 0 aliphatic rings. The van der Waals surface area contributed by atoms with Crippen molar-refractivity contribution < 1.29 is 24.5 Å². The van der Waals surface area contributed by atoms with Gasteiger partial charge in [0.15, 0.2) is 0 Å². The topological polar surface area (TPSA) is 95.9 Å². The van der Waals surface area contributed by atoms with Crippen LogP contribution in [0.3, 0.4) is 0 Å². The van der Waals surface area contributed by atoms with Gasteiger partial charge in [-0.2, -0.15) is 0 Å². The van der Waals surface area contributed by atoms with Crippen LogP contribution in [0.1, 0.15) is 316 Å². The third-order valence-electron chi connectivity index (χ3n) is 13.9. The molecule has 0 radical (unpaired) electrons. The van der Waals surface area contributed by atoms with Crippen LogP contribution in [0.2, 0.25) is 0 Å². The Morgan fingerprint density at radius 2 is 0.739 bits per heavy atom. The number of aliphatic hydroxyl groups is 2. The molecule has 2 unspecified atom stereocenters. The van der Waals surface area contributed by atoms with E-state index in [2.05, 4.69) is 67.8 Å². The molecule has 0 bridgehead atoms. The van der Waals surface area contributed by atoms with E-state index in [0.29, 0.717) is 25.9 Å². The molecule has 0 aromatic carbocycles. The second-order valence-electron chi connectivity index (χ2n) is 20.7. The summed E-state index contributed by atoms with van der Waals surface area (Å²) >= 11 is 0. The summed E-state index contributed by atoms with van der Waals surface area (Å²) in [4.78, 5) is 24.5. The summed E-state index contributed by atoms with van der Waals surface area (Å²) in [5, 5.41) is 23.2. The first kappa shape index (κ1) is 66.8. The fourth-order valence-electron chi connectivity index (χ4n) is 9.16. The molecule has 6 heteroatoms. The van der Waals surface area contributed by atoms with E-state index in [4.69, 9.17) is 4.74 Å². The number of nitrogens with one attached hydrogen (secondary N) is 1. The second-order valence-corrected chi connectivity index (χ2v) is 20.7. The van der Waals surface area contributed by atoms with Crippen LogP contribution in [-0.4, -0.2) is 47.4 Å². The summed E-state index contributed by atoms with van der Waals surface area (Å²) in [6.07, 6.45) is 74.1. The number of hydrogen-bond acceptors (Lipinski definition) is 5. The summed E-state index contributed by atoms with van der Waals surface area (Å²) in [6.45, 7) is 4.90. The molecule has 6 nitrogen and oxygen atoms in total. The van der Waals surface area contributed by atoms with Crippen molar-refractivity contribution in [1.82, 2.24) is 5.32 Å². The number of amides is 1. The number of carbonyl (C=O) groups excluding carboxylic acids is 2. The van der Waals surface area contributed by atoms with Crippen LogP contribution in [-0.2, 0) is 14.3 Å². The molecule has 0 saturated heterocycles. The first-order valence-electron chi connectivity index (χ1n) is 30.4. The maximum atomic E-state index is 12.4. The third-order valence-corrected chi connectivity index (χ3v) is 13.9. The Morgan fingerprint density at radius 3 is 1.14 bits per heavy atom. The van der Waals surface area contributed by atoms with Crippen LogP contribution in [0.25, 0.3) is 0 Å². The molecule has 1 amide bonds.